The number of nitrogens with zero attached hydrogens (tertiary/aromatic N) is 2. The average molecular weight is 528 g/mol. The van der Waals surface area contributed by atoms with E-state index < -0.39 is 20.9 Å². The van der Waals surface area contributed by atoms with Crippen LogP contribution in [0.15, 0.2) is 87.7 Å². The van der Waals surface area contributed by atoms with Crippen molar-refractivity contribution in [2.24, 2.45) is 0 Å². The number of carbonyl (C=O) groups is 1. The quantitative estimate of drug-likeness (QED) is 0.155. The number of rotatable bonds is 7. The van der Waals surface area contributed by atoms with Crippen molar-refractivity contribution < 1.29 is 22.3 Å². The van der Waals surface area contributed by atoms with E-state index in [4.69, 9.17) is 4.18 Å². The van der Waals surface area contributed by atoms with Crippen LogP contribution < -0.4 is 9.50 Å². The Labute approximate surface area is 197 Å². The van der Waals surface area contributed by atoms with E-state index in [0.717, 1.165) is 12.1 Å². The van der Waals surface area contributed by atoms with Gasteiger partial charge in [0.05, 0.1) is 4.92 Å². The van der Waals surface area contributed by atoms with Crippen molar-refractivity contribution in [1.29, 1.82) is 5.26 Å². The van der Waals surface area contributed by atoms with E-state index in [1.807, 2.05) is 0 Å². The Balaban J connectivity index is 1.93. The lowest BCUT2D eigenvalue weighted by Crippen LogP contribution is -2.14. The van der Waals surface area contributed by atoms with Crippen LogP contribution in [0.2, 0.25) is 0 Å². The fraction of sp³-hybridized carbons (Fsp3) is 0. The molecule has 33 heavy (non-hydrogen) atoms. The average Bonchev–Trinajstić information content (AvgIpc) is 2.79. The molecule has 11 heteroatoms. The van der Waals surface area contributed by atoms with Crippen LogP contribution in [0.3, 0.4) is 0 Å². The van der Waals surface area contributed by atoms with Crippen molar-refractivity contribution in [3.8, 4) is 11.8 Å². The summed E-state index contributed by atoms with van der Waals surface area (Å²) in [7, 11) is -4.16. The summed E-state index contributed by atoms with van der Waals surface area (Å²) in [5.41, 5.74) is -0.340. The predicted molar refractivity (Wildman–Crippen MR) is 124 cm³/mol. The lowest BCUT2D eigenvalue weighted by molar-refractivity contribution is -0.384. The molecule has 0 fully saturated rings. The van der Waals surface area contributed by atoms with Crippen molar-refractivity contribution in [2.75, 3.05) is 5.32 Å². The summed E-state index contributed by atoms with van der Waals surface area (Å²) in [5, 5.41) is 22.8. The monoisotopic (exact) mass is 527 g/mol. The normalized spacial score (nSPS) is 11.3. The molecule has 0 saturated carbocycles. The molecule has 0 radical (unpaired) electrons. The van der Waals surface area contributed by atoms with Gasteiger partial charge in [-0.3, -0.25) is 14.9 Å². The minimum Gasteiger partial charge on any atom is -0.378 e. The van der Waals surface area contributed by atoms with Crippen molar-refractivity contribution in [2.45, 2.75) is 4.90 Å². The van der Waals surface area contributed by atoms with E-state index in [9.17, 15) is 28.6 Å². The topological polar surface area (TPSA) is 139 Å². The summed E-state index contributed by atoms with van der Waals surface area (Å²) in [4.78, 5) is 22.8. The first kappa shape index (κ1) is 23.6. The van der Waals surface area contributed by atoms with Crippen LogP contribution in [0, 0.1) is 21.4 Å². The number of benzene rings is 3. The van der Waals surface area contributed by atoms with Gasteiger partial charge in [0.25, 0.3) is 11.6 Å². The number of nitro benzene ring substituents is 1. The Kier molecular flexibility index (Phi) is 7.22. The zero-order chi connectivity index (χ0) is 24.0. The molecule has 0 aromatic heterocycles. The number of nitrogens with one attached hydrogen (secondary N) is 1. The third-order valence-corrected chi connectivity index (χ3v) is 5.92. The summed E-state index contributed by atoms with van der Waals surface area (Å²) >= 11 is 3.26. The fourth-order valence-electron chi connectivity index (χ4n) is 2.66. The maximum atomic E-state index is 12.6. The fourth-order valence-corrected chi connectivity index (χ4v) is 4.01. The number of nitriles is 1. The second-order valence-electron chi connectivity index (χ2n) is 6.46. The van der Waals surface area contributed by atoms with Gasteiger partial charge in [-0.1, -0.05) is 40.2 Å². The van der Waals surface area contributed by atoms with E-state index in [2.05, 4.69) is 21.2 Å². The number of amides is 1. The summed E-state index contributed by atoms with van der Waals surface area (Å²) < 4.78 is 31.0. The van der Waals surface area contributed by atoms with E-state index in [1.54, 1.807) is 30.3 Å². The highest BCUT2D eigenvalue weighted by Crippen LogP contribution is 2.29. The minimum absolute atomic E-state index is 0.0632. The summed E-state index contributed by atoms with van der Waals surface area (Å²) in [5.74, 6) is -0.937. The largest absolute Gasteiger partial charge is 0.378 e. The molecule has 0 aliphatic rings. The van der Waals surface area contributed by atoms with E-state index in [1.165, 1.54) is 42.5 Å². The molecule has 0 heterocycles. The maximum absolute atomic E-state index is 12.6. The van der Waals surface area contributed by atoms with E-state index >= 15 is 0 Å². The molecule has 9 nitrogen and oxygen atoms in total. The van der Waals surface area contributed by atoms with E-state index in [0.29, 0.717) is 4.47 Å². The highest BCUT2D eigenvalue weighted by molar-refractivity contribution is 9.10. The highest BCUT2D eigenvalue weighted by Gasteiger charge is 2.19. The third kappa shape index (κ3) is 6.03. The number of anilines is 1. The van der Waals surface area contributed by atoms with Gasteiger partial charge < -0.3 is 9.50 Å². The highest BCUT2D eigenvalue weighted by atomic mass is 79.9. The molecular formula is C22H14BrN3O6S. The molecular weight excluding hydrogens is 514 g/mol. The lowest BCUT2D eigenvalue weighted by Gasteiger charge is -2.11. The molecule has 3 rings (SSSR count). The van der Waals surface area contributed by atoms with Gasteiger partial charge in [0.15, 0.2) is 0 Å². The second-order valence-corrected chi connectivity index (χ2v) is 8.93. The maximum Gasteiger partial charge on any atom is 0.339 e. The smallest absolute Gasteiger partial charge is 0.339 e. The molecule has 166 valence electrons. The number of non-ortho nitro benzene ring substituents is 1. The predicted octanol–water partition coefficient (Wildman–Crippen LogP) is 4.67. The van der Waals surface area contributed by atoms with Crippen LogP contribution >= 0.6 is 15.9 Å². The molecule has 0 spiro atoms. The Morgan fingerprint density at radius 1 is 1.09 bits per heavy atom. The Morgan fingerprint density at radius 2 is 1.82 bits per heavy atom. The zero-order valence-corrected chi connectivity index (χ0v) is 19.0. The Hall–Kier alpha value is -4.01. The summed E-state index contributed by atoms with van der Waals surface area (Å²) in [6, 6.07) is 18.9. The Morgan fingerprint density at radius 3 is 2.48 bits per heavy atom. The van der Waals surface area contributed by atoms with Gasteiger partial charge in [0.2, 0.25) is 0 Å². The SMILES string of the molecule is N#C/C(=C\c1cc(Br)ccc1OS(=O)(=O)c1ccccc1)C(=O)Nc1cccc([N+](=O)[O-])c1. The van der Waals surface area contributed by atoms with Gasteiger partial charge in [0, 0.05) is 27.9 Å². The van der Waals surface area contributed by atoms with Crippen molar-refractivity contribution >= 4 is 49.4 Å². The standard InChI is InChI=1S/C22H14BrN3O6S/c23-17-9-10-21(32-33(30,31)20-7-2-1-3-8-20)15(12-17)11-16(14-24)22(27)25-18-5-4-6-19(13-18)26(28)29/h1-13H,(H,25,27)/b16-11+. The van der Waals surface area contributed by atoms with Gasteiger partial charge in [-0.15, -0.1) is 0 Å². The van der Waals surface area contributed by atoms with Crippen molar-refractivity contribution in [3.63, 3.8) is 0 Å². The van der Waals surface area contributed by atoms with Crippen LogP contribution in [0.25, 0.3) is 6.08 Å². The molecule has 1 amide bonds. The van der Waals surface area contributed by atoms with Crippen molar-refractivity contribution in [3.05, 3.63) is 98.5 Å². The van der Waals surface area contributed by atoms with Crippen LogP contribution in [-0.4, -0.2) is 19.2 Å². The number of nitro groups is 1. The van der Waals surface area contributed by atoms with Gasteiger partial charge >= 0.3 is 10.1 Å². The molecule has 3 aromatic carbocycles. The minimum atomic E-state index is -4.16. The van der Waals surface area contributed by atoms with Gasteiger partial charge in [0.1, 0.15) is 22.3 Å². The first-order valence-electron chi connectivity index (χ1n) is 9.16. The molecule has 0 aliphatic carbocycles. The van der Waals surface area contributed by atoms with Crippen LogP contribution in [0.1, 0.15) is 5.56 Å². The number of halogens is 1. The first-order valence-corrected chi connectivity index (χ1v) is 11.4. The number of hydrogen-bond acceptors (Lipinski definition) is 7. The van der Waals surface area contributed by atoms with Crippen LogP contribution in [0.4, 0.5) is 11.4 Å². The molecule has 0 atom stereocenters. The molecule has 0 bridgehead atoms. The molecule has 0 aliphatic heterocycles. The lowest BCUT2D eigenvalue weighted by atomic mass is 10.1. The Bertz CT molecular complexity index is 1400. The van der Waals surface area contributed by atoms with Gasteiger partial charge in [-0.2, -0.15) is 13.7 Å². The second kappa shape index (κ2) is 10.1. The third-order valence-electron chi connectivity index (χ3n) is 4.18. The summed E-state index contributed by atoms with van der Waals surface area (Å²) in [6.45, 7) is 0. The number of hydrogen-bond donors (Lipinski definition) is 1. The molecule has 0 unspecified atom stereocenters. The number of carbonyl (C=O) groups excluding carboxylic acids is 1. The summed E-state index contributed by atoms with van der Waals surface area (Å²) in [6.07, 6.45) is 1.16. The first-order chi connectivity index (χ1) is 15.7. The van der Waals surface area contributed by atoms with Crippen LogP contribution in [0.5, 0.6) is 5.75 Å². The van der Waals surface area contributed by atoms with Gasteiger partial charge in [-0.25, -0.2) is 0 Å². The van der Waals surface area contributed by atoms with Crippen molar-refractivity contribution in [1.82, 2.24) is 0 Å². The van der Waals surface area contributed by atoms with Gasteiger partial charge in [-0.05, 0) is 42.5 Å². The zero-order valence-electron chi connectivity index (χ0n) is 16.6. The van der Waals surface area contributed by atoms with Crippen LogP contribution in [-0.2, 0) is 14.9 Å². The van der Waals surface area contributed by atoms with E-state index in [-0.39, 0.29) is 33.2 Å². The molecule has 0 saturated heterocycles. The molecule has 3 aromatic rings. The molecule has 1 N–H and O–H groups in total.